The van der Waals surface area contributed by atoms with E-state index in [0.29, 0.717) is 12.4 Å². The van der Waals surface area contributed by atoms with Gasteiger partial charge < -0.3 is 9.84 Å². The van der Waals surface area contributed by atoms with Crippen molar-refractivity contribution in [3.05, 3.63) is 53.1 Å². The minimum Gasteiger partial charge on any atom is -0.492 e. The Balaban J connectivity index is 2.48. The topological polar surface area (TPSA) is 92.7 Å². The maximum Gasteiger partial charge on any atom is 0.335 e. The second-order valence-electron chi connectivity index (χ2n) is 7.00. The molecule has 0 aliphatic rings. The van der Waals surface area contributed by atoms with Crippen molar-refractivity contribution < 1.29 is 23.1 Å². The van der Waals surface area contributed by atoms with E-state index in [4.69, 9.17) is 9.84 Å². The molecule has 0 unspecified atom stereocenters. The summed E-state index contributed by atoms with van der Waals surface area (Å²) in [6.07, 6.45) is 1.75. The molecule has 0 fully saturated rings. The number of rotatable bonds is 9. The van der Waals surface area contributed by atoms with Gasteiger partial charge in [-0.2, -0.15) is 0 Å². The Labute approximate surface area is 166 Å². The van der Waals surface area contributed by atoms with Crippen LogP contribution in [0.2, 0.25) is 0 Å². The van der Waals surface area contributed by atoms with E-state index in [1.807, 2.05) is 27.7 Å². The number of hydrogen-bond donors (Lipinski definition) is 2. The highest BCUT2D eigenvalue weighted by Crippen LogP contribution is 2.32. The maximum atomic E-state index is 13.1. The summed E-state index contributed by atoms with van der Waals surface area (Å²) in [6, 6.07) is 9.10. The van der Waals surface area contributed by atoms with Gasteiger partial charge in [-0.25, -0.2) is 13.2 Å². The third kappa shape index (κ3) is 5.25. The third-order valence-electron chi connectivity index (χ3n) is 4.36. The number of nitrogens with one attached hydrogen (secondary N) is 1. The van der Waals surface area contributed by atoms with Gasteiger partial charge in [0.05, 0.1) is 12.2 Å². The van der Waals surface area contributed by atoms with Crippen LogP contribution >= 0.6 is 0 Å². The zero-order valence-corrected chi connectivity index (χ0v) is 17.5. The number of carbonyl (C=O) groups is 1. The molecule has 0 heterocycles. The Bertz CT molecular complexity index is 951. The summed E-state index contributed by atoms with van der Waals surface area (Å²) < 4.78 is 34.4. The molecule has 0 saturated carbocycles. The Morgan fingerprint density at radius 2 is 1.93 bits per heavy atom. The lowest BCUT2D eigenvalue weighted by atomic mass is 9.98. The Hall–Kier alpha value is -2.54. The predicted octanol–water partition coefficient (Wildman–Crippen LogP) is 4.80. The summed E-state index contributed by atoms with van der Waals surface area (Å²) >= 11 is 0. The van der Waals surface area contributed by atoms with Crippen molar-refractivity contribution in [2.24, 2.45) is 0 Å². The van der Waals surface area contributed by atoms with Crippen molar-refractivity contribution in [2.75, 3.05) is 11.3 Å². The highest BCUT2D eigenvalue weighted by molar-refractivity contribution is 7.92. The molecule has 6 nitrogen and oxygen atoms in total. The Kier molecular flexibility index (Phi) is 7.07. The van der Waals surface area contributed by atoms with Crippen molar-refractivity contribution in [1.29, 1.82) is 0 Å². The second-order valence-corrected chi connectivity index (χ2v) is 8.65. The number of anilines is 1. The summed E-state index contributed by atoms with van der Waals surface area (Å²) in [6.45, 7) is 8.39. The minimum atomic E-state index is -3.96. The van der Waals surface area contributed by atoms with Crippen molar-refractivity contribution in [3.8, 4) is 5.75 Å². The van der Waals surface area contributed by atoms with Crippen LogP contribution in [0, 0.1) is 6.92 Å². The lowest BCUT2D eigenvalue weighted by molar-refractivity contribution is 0.0697. The summed E-state index contributed by atoms with van der Waals surface area (Å²) in [4.78, 5) is 11.2. The standard InChI is InChI=1S/C21H27NO5S/c1-5-6-10-27-19-11-15(4)18(14(2)3)13-20(19)28(25,26)22-17-9-7-8-16(12-17)21(23)24/h7-9,11-14,22H,5-6,10H2,1-4H3,(H,23,24). The molecule has 0 amide bonds. The first kappa shape index (κ1) is 21.8. The van der Waals surface area contributed by atoms with Gasteiger partial charge in [-0.3, -0.25) is 4.72 Å². The second kappa shape index (κ2) is 9.10. The van der Waals surface area contributed by atoms with Crippen LogP contribution < -0.4 is 9.46 Å². The molecule has 2 N–H and O–H groups in total. The van der Waals surface area contributed by atoms with Crippen LogP contribution in [0.3, 0.4) is 0 Å². The zero-order valence-electron chi connectivity index (χ0n) is 16.7. The van der Waals surface area contributed by atoms with Gasteiger partial charge in [0, 0.05) is 5.69 Å². The van der Waals surface area contributed by atoms with E-state index in [-0.39, 0.29) is 22.1 Å². The van der Waals surface area contributed by atoms with E-state index in [1.54, 1.807) is 12.1 Å². The van der Waals surface area contributed by atoms with Gasteiger partial charge in [-0.05, 0) is 60.7 Å². The molecule has 0 aromatic heterocycles. The van der Waals surface area contributed by atoms with E-state index in [2.05, 4.69) is 4.72 Å². The zero-order chi connectivity index (χ0) is 20.9. The van der Waals surface area contributed by atoms with E-state index in [0.717, 1.165) is 24.0 Å². The van der Waals surface area contributed by atoms with E-state index in [9.17, 15) is 13.2 Å². The molecular weight excluding hydrogens is 378 g/mol. The van der Waals surface area contributed by atoms with Crippen LogP contribution in [-0.2, 0) is 10.0 Å². The average molecular weight is 406 g/mol. The smallest absolute Gasteiger partial charge is 0.335 e. The normalized spacial score (nSPS) is 11.5. The molecule has 2 aromatic rings. The average Bonchev–Trinajstić information content (AvgIpc) is 2.61. The maximum absolute atomic E-state index is 13.1. The van der Waals surface area contributed by atoms with Gasteiger partial charge >= 0.3 is 5.97 Å². The summed E-state index contributed by atoms with van der Waals surface area (Å²) in [5.41, 5.74) is 2.08. The molecule has 0 aliphatic carbocycles. The molecule has 28 heavy (non-hydrogen) atoms. The lowest BCUT2D eigenvalue weighted by Crippen LogP contribution is -2.16. The molecule has 0 saturated heterocycles. The van der Waals surface area contributed by atoms with Crippen molar-refractivity contribution in [3.63, 3.8) is 0 Å². The molecule has 152 valence electrons. The van der Waals surface area contributed by atoms with Crippen molar-refractivity contribution in [2.45, 2.75) is 51.3 Å². The fourth-order valence-corrected chi connectivity index (χ4v) is 4.09. The number of aryl methyl sites for hydroxylation is 1. The van der Waals surface area contributed by atoms with Crippen LogP contribution in [0.25, 0.3) is 0 Å². The molecule has 2 aromatic carbocycles. The van der Waals surface area contributed by atoms with Crippen molar-refractivity contribution >= 4 is 21.7 Å². The van der Waals surface area contributed by atoms with Gasteiger partial charge in [0.2, 0.25) is 0 Å². The SMILES string of the molecule is CCCCOc1cc(C)c(C(C)C)cc1S(=O)(=O)Nc1cccc(C(=O)O)c1. The number of benzene rings is 2. The van der Waals surface area contributed by atoms with Crippen LogP contribution in [0.1, 0.15) is 61.0 Å². The molecular formula is C21H27NO5S. The number of carboxylic acid groups (broad SMARTS) is 1. The lowest BCUT2D eigenvalue weighted by Gasteiger charge is -2.18. The minimum absolute atomic E-state index is 0.00592. The van der Waals surface area contributed by atoms with Crippen LogP contribution in [0.5, 0.6) is 5.75 Å². The van der Waals surface area contributed by atoms with Crippen LogP contribution in [0.15, 0.2) is 41.3 Å². The Morgan fingerprint density at radius 3 is 2.54 bits per heavy atom. The molecule has 0 spiro atoms. The number of aromatic carboxylic acids is 1. The fourth-order valence-electron chi connectivity index (χ4n) is 2.87. The first-order valence-corrected chi connectivity index (χ1v) is 10.8. The quantitative estimate of drug-likeness (QED) is 0.585. The van der Waals surface area contributed by atoms with Gasteiger partial charge in [0.1, 0.15) is 10.6 Å². The molecule has 0 radical (unpaired) electrons. The third-order valence-corrected chi connectivity index (χ3v) is 5.76. The number of unbranched alkanes of at least 4 members (excludes halogenated alkanes) is 1. The van der Waals surface area contributed by atoms with Crippen molar-refractivity contribution in [1.82, 2.24) is 0 Å². The summed E-state index contributed by atoms with van der Waals surface area (Å²) in [5.74, 6) is -0.673. The molecule has 7 heteroatoms. The van der Waals surface area contributed by atoms with Crippen LogP contribution in [-0.4, -0.2) is 26.1 Å². The number of hydrogen-bond acceptors (Lipinski definition) is 4. The predicted molar refractivity (Wildman–Crippen MR) is 110 cm³/mol. The molecule has 0 aliphatic heterocycles. The number of carboxylic acids is 1. The molecule has 0 bridgehead atoms. The highest BCUT2D eigenvalue weighted by Gasteiger charge is 2.23. The van der Waals surface area contributed by atoms with Gasteiger partial charge in [0.25, 0.3) is 10.0 Å². The number of ether oxygens (including phenoxy) is 1. The summed E-state index contributed by atoms with van der Waals surface area (Å²) in [7, 11) is -3.96. The van der Waals surface area contributed by atoms with E-state index in [1.165, 1.54) is 24.3 Å². The van der Waals surface area contributed by atoms with Crippen LogP contribution in [0.4, 0.5) is 5.69 Å². The molecule has 2 rings (SSSR count). The monoisotopic (exact) mass is 405 g/mol. The number of sulfonamides is 1. The van der Waals surface area contributed by atoms with E-state index >= 15 is 0 Å². The van der Waals surface area contributed by atoms with Gasteiger partial charge in [0.15, 0.2) is 0 Å². The van der Waals surface area contributed by atoms with Gasteiger partial charge in [-0.15, -0.1) is 0 Å². The van der Waals surface area contributed by atoms with Gasteiger partial charge in [-0.1, -0.05) is 33.3 Å². The Morgan fingerprint density at radius 1 is 1.21 bits per heavy atom. The first-order chi connectivity index (χ1) is 13.2. The largest absolute Gasteiger partial charge is 0.492 e. The fraction of sp³-hybridized carbons (Fsp3) is 0.381. The van der Waals surface area contributed by atoms with E-state index < -0.39 is 16.0 Å². The highest BCUT2D eigenvalue weighted by atomic mass is 32.2. The molecule has 0 atom stereocenters. The first-order valence-electron chi connectivity index (χ1n) is 9.29. The summed E-state index contributed by atoms with van der Waals surface area (Å²) in [5, 5.41) is 9.12.